The first-order valence-electron chi connectivity index (χ1n) is 11.6. The molecule has 166 valence electrons. The van der Waals surface area contributed by atoms with Crippen LogP contribution in [0.15, 0.2) is 61.2 Å². The van der Waals surface area contributed by atoms with E-state index in [4.69, 9.17) is 4.98 Å². The molecule has 1 fully saturated rings. The zero-order valence-electron chi connectivity index (χ0n) is 19.2. The third-order valence-electron chi connectivity index (χ3n) is 6.86. The molecule has 0 radical (unpaired) electrons. The summed E-state index contributed by atoms with van der Waals surface area (Å²) in [7, 11) is 0. The normalized spacial score (nSPS) is 15.8. The lowest BCUT2D eigenvalue weighted by atomic mass is 9.97. The van der Waals surface area contributed by atoms with Crippen LogP contribution in [0.1, 0.15) is 42.8 Å². The average molecular weight is 438 g/mol. The number of likely N-dealkylation sites (tertiary alicyclic amines) is 1. The van der Waals surface area contributed by atoms with Crippen molar-refractivity contribution in [2.45, 2.75) is 32.7 Å². The number of fused-ring (bicyclic) bond motifs is 2. The molecular formula is C26H27N7. The number of nitrogens with zero attached hydrogens (tertiary/aromatic N) is 7. The van der Waals surface area contributed by atoms with Gasteiger partial charge in [0.2, 0.25) is 0 Å². The molecule has 1 atom stereocenters. The second kappa shape index (κ2) is 7.78. The van der Waals surface area contributed by atoms with Gasteiger partial charge in [-0.2, -0.15) is 5.10 Å². The van der Waals surface area contributed by atoms with E-state index >= 15 is 0 Å². The monoisotopic (exact) mass is 437 g/mol. The van der Waals surface area contributed by atoms with Crippen molar-refractivity contribution >= 4 is 16.6 Å². The van der Waals surface area contributed by atoms with E-state index < -0.39 is 0 Å². The van der Waals surface area contributed by atoms with Crippen LogP contribution in [0.3, 0.4) is 0 Å². The van der Waals surface area contributed by atoms with E-state index in [9.17, 15) is 0 Å². The summed E-state index contributed by atoms with van der Waals surface area (Å²) in [4.78, 5) is 7.14. The number of aryl methyl sites for hydroxylation is 1. The third-order valence-corrected chi connectivity index (χ3v) is 6.86. The molecule has 1 aromatic carbocycles. The molecule has 4 aromatic heterocycles. The van der Waals surface area contributed by atoms with Gasteiger partial charge >= 0.3 is 0 Å². The molecule has 0 saturated carbocycles. The predicted molar refractivity (Wildman–Crippen MR) is 129 cm³/mol. The molecule has 0 spiro atoms. The molecule has 1 unspecified atom stereocenters. The molecule has 7 nitrogen and oxygen atoms in total. The van der Waals surface area contributed by atoms with Crippen molar-refractivity contribution in [2.24, 2.45) is 0 Å². The van der Waals surface area contributed by atoms with Crippen LogP contribution in [-0.4, -0.2) is 53.9 Å². The van der Waals surface area contributed by atoms with Crippen molar-refractivity contribution in [1.29, 1.82) is 0 Å². The molecule has 33 heavy (non-hydrogen) atoms. The highest BCUT2D eigenvalue weighted by Gasteiger charge is 2.27. The smallest absolute Gasteiger partial charge is 0.160 e. The van der Waals surface area contributed by atoms with Gasteiger partial charge in [0.15, 0.2) is 5.65 Å². The summed E-state index contributed by atoms with van der Waals surface area (Å²) in [6.45, 7) is 9.72. The lowest BCUT2D eigenvalue weighted by molar-refractivity contribution is 0.105. The van der Waals surface area contributed by atoms with Gasteiger partial charge in [-0.15, -0.1) is 10.2 Å². The van der Waals surface area contributed by atoms with Crippen LogP contribution in [0, 0.1) is 6.92 Å². The van der Waals surface area contributed by atoms with E-state index in [-0.39, 0.29) is 5.92 Å². The summed E-state index contributed by atoms with van der Waals surface area (Å²) >= 11 is 0. The van der Waals surface area contributed by atoms with Crippen molar-refractivity contribution in [2.75, 3.05) is 19.6 Å². The molecule has 0 aliphatic carbocycles. The fourth-order valence-corrected chi connectivity index (χ4v) is 4.69. The van der Waals surface area contributed by atoms with E-state index in [0.717, 1.165) is 53.1 Å². The number of hydrogen-bond donors (Lipinski definition) is 0. The van der Waals surface area contributed by atoms with Crippen molar-refractivity contribution in [1.82, 2.24) is 34.3 Å². The van der Waals surface area contributed by atoms with Gasteiger partial charge in [0.25, 0.3) is 0 Å². The molecule has 1 saturated heterocycles. The number of aromatic nitrogens is 6. The first-order chi connectivity index (χ1) is 16.1. The molecule has 5 heterocycles. The van der Waals surface area contributed by atoms with Crippen molar-refractivity contribution < 1.29 is 0 Å². The zero-order valence-corrected chi connectivity index (χ0v) is 19.2. The summed E-state index contributed by atoms with van der Waals surface area (Å²) in [5.74, 6) is 1.05. The lowest BCUT2D eigenvalue weighted by Gasteiger charge is -2.38. The van der Waals surface area contributed by atoms with Gasteiger partial charge in [-0.3, -0.25) is 19.0 Å². The van der Waals surface area contributed by atoms with Crippen LogP contribution in [-0.2, 0) is 0 Å². The molecular weight excluding hydrogens is 410 g/mol. The molecule has 1 aliphatic rings. The van der Waals surface area contributed by atoms with E-state index in [1.807, 2.05) is 18.5 Å². The quantitative estimate of drug-likeness (QED) is 0.406. The van der Waals surface area contributed by atoms with Crippen LogP contribution >= 0.6 is 0 Å². The largest absolute Gasteiger partial charge is 0.299 e. The predicted octanol–water partition coefficient (Wildman–Crippen LogP) is 4.48. The van der Waals surface area contributed by atoms with Gasteiger partial charge in [-0.25, -0.2) is 0 Å². The van der Waals surface area contributed by atoms with Gasteiger partial charge in [-0.05, 0) is 48.9 Å². The van der Waals surface area contributed by atoms with Gasteiger partial charge in [0.05, 0.1) is 17.8 Å². The minimum Gasteiger partial charge on any atom is -0.299 e. The summed E-state index contributed by atoms with van der Waals surface area (Å²) < 4.78 is 4.19. The van der Waals surface area contributed by atoms with Crippen LogP contribution in [0.4, 0.5) is 0 Å². The minimum atomic E-state index is 0.109. The first-order valence-corrected chi connectivity index (χ1v) is 11.6. The van der Waals surface area contributed by atoms with Gasteiger partial charge < -0.3 is 0 Å². The lowest BCUT2D eigenvalue weighted by Crippen LogP contribution is -2.47. The highest BCUT2D eigenvalue weighted by molar-refractivity contribution is 5.84. The SMILES string of the molecule is CCN1CC(n2cc(-c3cnc4ccc(C(C)c5nnc6ccc(C)cn56)cc4c3)cn2)C1. The number of hydrogen-bond acceptors (Lipinski definition) is 5. The van der Waals surface area contributed by atoms with Crippen molar-refractivity contribution in [3.63, 3.8) is 0 Å². The Morgan fingerprint density at radius 1 is 1.00 bits per heavy atom. The van der Waals surface area contributed by atoms with Crippen LogP contribution in [0.2, 0.25) is 0 Å². The Kier molecular flexibility index (Phi) is 4.73. The molecule has 1 aliphatic heterocycles. The average Bonchev–Trinajstić information content (AvgIpc) is 3.44. The molecule has 0 N–H and O–H groups in total. The van der Waals surface area contributed by atoms with Crippen LogP contribution < -0.4 is 0 Å². The summed E-state index contributed by atoms with van der Waals surface area (Å²) in [5.41, 5.74) is 6.44. The summed E-state index contributed by atoms with van der Waals surface area (Å²) in [6, 6.07) is 13.2. The summed E-state index contributed by atoms with van der Waals surface area (Å²) in [5, 5.41) is 14.6. The van der Waals surface area contributed by atoms with Gasteiger partial charge in [-0.1, -0.05) is 26.0 Å². The van der Waals surface area contributed by atoms with Crippen molar-refractivity contribution in [3.8, 4) is 11.1 Å². The molecule has 7 heteroatoms. The standard InChI is InChI=1S/C26H27N7/c1-4-31-15-23(16-31)33-14-22(12-28-33)21-10-20-9-19(6-7-24(20)27-11-21)18(3)26-30-29-25-8-5-17(2)13-32(25)26/h5-14,18,23H,4,15-16H2,1-3H3. The molecule has 5 aromatic rings. The van der Waals surface area contributed by atoms with E-state index in [0.29, 0.717) is 6.04 Å². The Morgan fingerprint density at radius 3 is 2.73 bits per heavy atom. The number of benzene rings is 1. The second-order valence-electron chi connectivity index (χ2n) is 9.11. The Bertz CT molecular complexity index is 1460. The topological polar surface area (TPSA) is 64.1 Å². The zero-order chi connectivity index (χ0) is 22.5. The fourth-order valence-electron chi connectivity index (χ4n) is 4.69. The molecule has 0 bridgehead atoms. The van der Waals surface area contributed by atoms with Crippen molar-refractivity contribution in [3.05, 3.63) is 78.1 Å². The second-order valence-corrected chi connectivity index (χ2v) is 9.11. The van der Waals surface area contributed by atoms with E-state index in [1.165, 1.54) is 11.1 Å². The van der Waals surface area contributed by atoms with Gasteiger partial charge in [0.1, 0.15) is 5.82 Å². The first kappa shape index (κ1) is 20.1. The Morgan fingerprint density at radius 2 is 1.88 bits per heavy atom. The third kappa shape index (κ3) is 3.49. The summed E-state index contributed by atoms with van der Waals surface area (Å²) in [6.07, 6.45) is 8.15. The minimum absolute atomic E-state index is 0.109. The molecule has 0 amide bonds. The fraction of sp³-hybridized carbons (Fsp3) is 0.308. The van der Waals surface area contributed by atoms with E-state index in [2.05, 4.69) is 92.8 Å². The highest BCUT2D eigenvalue weighted by atomic mass is 15.4. The Labute approximate surface area is 192 Å². The Hall–Kier alpha value is -3.58. The van der Waals surface area contributed by atoms with Crippen LogP contribution in [0.25, 0.3) is 27.7 Å². The number of likely N-dealkylation sites (N-methyl/N-ethyl adjacent to an activating group) is 1. The number of pyridine rings is 2. The number of rotatable bonds is 5. The van der Waals surface area contributed by atoms with Gasteiger partial charge in [0, 0.05) is 54.1 Å². The maximum Gasteiger partial charge on any atom is 0.160 e. The maximum absolute atomic E-state index is 4.72. The maximum atomic E-state index is 4.72. The highest BCUT2D eigenvalue weighted by Crippen LogP contribution is 2.29. The van der Waals surface area contributed by atoms with E-state index in [1.54, 1.807) is 0 Å². The Balaban J connectivity index is 1.32. The molecule has 6 rings (SSSR count). The van der Waals surface area contributed by atoms with Crippen LogP contribution in [0.5, 0.6) is 0 Å².